The van der Waals surface area contributed by atoms with Gasteiger partial charge in [-0.25, -0.2) is 0 Å². The summed E-state index contributed by atoms with van der Waals surface area (Å²) in [5, 5.41) is 3.44. The van der Waals surface area contributed by atoms with Crippen LogP contribution in [0.4, 0.5) is 0 Å². The Morgan fingerprint density at radius 3 is 1.69 bits per heavy atom. The molecule has 1 saturated heterocycles. The Bertz CT molecular complexity index is 97.1. The molecule has 3 heteroatoms. The fourth-order valence-electron chi connectivity index (χ4n) is 1.57. The Balaban J connectivity index is 0.000000671. The van der Waals surface area contributed by atoms with Gasteiger partial charge in [-0.3, -0.25) is 0 Å². The van der Waals surface area contributed by atoms with Gasteiger partial charge in [-0.2, -0.15) is 0 Å². The molecule has 1 aliphatic heterocycles. The lowest BCUT2D eigenvalue weighted by atomic mass is 10.2. The summed E-state index contributed by atoms with van der Waals surface area (Å²) in [5.41, 5.74) is 0. The van der Waals surface area contributed by atoms with Crippen LogP contribution in [-0.2, 0) is 9.47 Å². The van der Waals surface area contributed by atoms with E-state index in [-0.39, 0.29) is 0 Å². The average Bonchev–Trinajstić information content (AvgIpc) is 2.58. The lowest BCUT2D eigenvalue weighted by Gasteiger charge is -2.12. The average molecular weight is 189 g/mol. The van der Waals surface area contributed by atoms with Gasteiger partial charge in [0.2, 0.25) is 0 Å². The van der Waals surface area contributed by atoms with Crippen molar-refractivity contribution in [2.24, 2.45) is 0 Å². The van der Waals surface area contributed by atoms with E-state index in [1.807, 2.05) is 13.8 Å². The van der Waals surface area contributed by atoms with Crippen molar-refractivity contribution in [2.75, 3.05) is 27.4 Å². The zero-order valence-electron chi connectivity index (χ0n) is 9.30. The monoisotopic (exact) mass is 189 g/mol. The molecular weight excluding hydrogens is 166 g/mol. The maximum absolute atomic E-state index is 5.05. The summed E-state index contributed by atoms with van der Waals surface area (Å²) in [5.74, 6) is 0. The highest BCUT2D eigenvalue weighted by Gasteiger charge is 2.22. The van der Waals surface area contributed by atoms with E-state index in [0.29, 0.717) is 12.1 Å². The van der Waals surface area contributed by atoms with Gasteiger partial charge in [0, 0.05) is 26.3 Å². The lowest BCUT2D eigenvalue weighted by Crippen LogP contribution is -2.34. The molecule has 0 amide bonds. The largest absolute Gasteiger partial charge is 0.383 e. The van der Waals surface area contributed by atoms with E-state index >= 15 is 0 Å². The summed E-state index contributed by atoms with van der Waals surface area (Å²) in [6, 6.07) is 1.08. The van der Waals surface area contributed by atoms with Crippen LogP contribution in [0, 0.1) is 0 Å². The highest BCUT2D eigenvalue weighted by atomic mass is 16.5. The molecule has 1 heterocycles. The quantitative estimate of drug-likeness (QED) is 0.725. The van der Waals surface area contributed by atoms with Crippen LogP contribution in [-0.4, -0.2) is 39.5 Å². The number of ether oxygens (including phenoxy) is 2. The van der Waals surface area contributed by atoms with Crippen molar-refractivity contribution >= 4 is 0 Å². The molecule has 0 saturated carbocycles. The first-order valence-electron chi connectivity index (χ1n) is 5.10. The smallest absolute Gasteiger partial charge is 0.0615 e. The topological polar surface area (TPSA) is 30.5 Å². The summed E-state index contributed by atoms with van der Waals surface area (Å²) in [6.45, 7) is 5.64. The molecule has 1 aliphatic rings. The Morgan fingerprint density at radius 1 is 1.00 bits per heavy atom. The van der Waals surface area contributed by atoms with E-state index in [1.165, 1.54) is 12.8 Å². The molecular formula is C10H23NO2. The summed E-state index contributed by atoms with van der Waals surface area (Å²) in [7, 11) is 3.48. The first kappa shape index (κ1) is 12.9. The van der Waals surface area contributed by atoms with E-state index in [2.05, 4.69) is 5.32 Å². The highest BCUT2D eigenvalue weighted by Crippen LogP contribution is 2.12. The van der Waals surface area contributed by atoms with Crippen LogP contribution in [0.3, 0.4) is 0 Å². The molecule has 1 fully saturated rings. The zero-order valence-corrected chi connectivity index (χ0v) is 9.30. The molecule has 13 heavy (non-hydrogen) atoms. The third kappa shape index (κ3) is 5.24. The summed E-state index contributed by atoms with van der Waals surface area (Å²) in [6.07, 6.45) is 2.42. The van der Waals surface area contributed by atoms with E-state index in [4.69, 9.17) is 9.47 Å². The third-order valence-corrected chi connectivity index (χ3v) is 2.07. The zero-order chi connectivity index (χ0) is 10.1. The van der Waals surface area contributed by atoms with Gasteiger partial charge in [-0.15, -0.1) is 0 Å². The molecule has 2 unspecified atom stereocenters. The minimum absolute atomic E-state index is 0.542. The standard InChI is InChI=1S/C8H17NO2.C2H6/c1-10-5-7-3-4-8(9-7)6-11-2;1-2/h7-9H,3-6H2,1-2H3;1-2H3. The van der Waals surface area contributed by atoms with Gasteiger partial charge < -0.3 is 14.8 Å². The van der Waals surface area contributed by atoms with Gasteiger partial charge in [-0.1, -0.05) is 13.8 Å². The Kier molecular flexibility index (Phi) is 8.40. The second kappa shape index (κ2) is 8.48. The van der Waals surface area contributed by atoms with Crippen LogP contribution in [0.25, 0.3) is 0 Å². The fourth-order valence-corrected chi connectivity index (χ4v) is 1.57. The molecule has 0 aliphatic carbocycles. The van der Waals surface area contributed by atoms with Crippen molar-refractivity contribution in [2.45, 2.75) is 38.8 Å². The molecule has 3 nitrogen and oxygen atoms in total. The molecule has 0 radical (unpaired) electrons. The number of hydrogen-bond acceptors (Lipinski definition) is 3. The summed E-state index contributed by atoms with van der Waals surface area (Å²) in [4.78, 5) is 0. The highest BCUT2D eigenvalue weighted by molar-refractivity contribution is 4.82. The number of hydrogen-bond donors (Lipinski definition) is 1. The minimum Gasteiger partial charge on any atom is -0.383 e. The summed E-state index contributed by atoms with van der Waals surface area (Å²) >= 11 is 0. The van der Waals surface area contributed by atoms with E-state index < -0.39 is 0 Å². The van der Waals surface area contributed by atoms with Gasteiger partial charge in [0.05, 0.1) is 13.2 Å². The second-order valence-electron chi connectivity index (χ2n) is 3.05. The lowest BCUT2D eigenvalue weighted by molar-refractivity contribution is 0.153. The molecule has 0 bridgehead atoms. The van der Waals surface area contributed by atoms with Crippen LogP contribution in [0.5, 0.6) is 0 Å². The van der Waals surface area contributed by atoms with Crippen LogP contribution in [0.2, 0.25) is 0 Å². The SMILES string of the molecule is CC.COCC1CCC(COC)N1. The van der Waals surface area contributed by atoms with Gasteiger partial charge in [0.15, 0.2) is 0 Å². The molecule has 0 aromatic rings. The predicted molar refractivity (Wildman–Crippen MR) is 55.0 cm³/mol. The van der Waals surface area contributed by atoms with E-state index in [9.17, 15) is 0 Å². The molecule has 1 rings (SSSR count). The minimum atomic E-state index is 0.542. The van der Waals surface area contributed by atoms with Gasteiger partial charge in [0.25, 0.3) is 0 Å². The maximum atomic E-state index is 5.05. The number of nitrogens with one attached hydrogen (secondary N) is 1. The van der Waals surface area contributed by atoms with Crippen molar-refractivity contribution in [1.29, 1.82) is 0 Å². The van der Waals surface area contributed by atoms with Gasteiger partial charge >= 0.3 is 0 Å². The van der Waals surface area contributed by atoms with Gasteiger partial charge in [0.1, 0.15) is 0 Å². The maximum Gasteiger partial charge on any atom is 0.0615 e. The van der Waals surface area contributed by atoms with Crippen molar-refractivity contribution < 1.29 is 9.47 Å². The first-order chi connectivity index (χ1) is 6.36. The van der Waals surface area contributed by atoms with E-state index in [1.54, 1.807) is 14.2 Å². The molecule has 80 valence electrons. The van der Waals surface area contributed by atoms with Crippen molar-refractivity contribution in [1.82, 2.24) is 5.32 Å². The van der Waals surface area contributed by atoms with Crippen molar-refractivity contribution in [3.63, 3.8) is 0 Å². The van der Waals surface area contributed by atoms with Crippen molar-refractivity contribution in [3.05, 3.63) is 0 Å². The molecule has 0 spiro atoms. The Labute approximate surface area is 81.8 Å². The van der Waals surface area contributed by atoms with Crippen LogP contribution < -0.4 is 5.32 Å². The second-order valence-corrected chi connectivity index (χ2v) is 3.05. The van der Waals surface area contributed by atoms with Crippen molar-refractivity contribution in [3.8, 4) is 0 Å². The first-order valence-corrected chi connectivity index (χ1v) is 5.10. The Morgan fingerprint density at radius 2 is 1.38 bits per heavy atom. The van der Waals surface area contributed by atoms with Gasteiger partial charge in [-0.05, 0) is 12.8 Å². The molecule has 2 atom stereocenters. The van der Waals surface area contributed by atoms with Crippen LogP contribution in [0.1, 0.15) is 26.7 Å². The Hall–Kier alpha value is -0.120. The molecule has 0 aromatic heterocycles. The van der Waals surface area contributed by atoms with Crippen LogP contribution >= 0.6 is 0 Å². The predicted octanol–water partition coefficient (Wildman–Crippen LogP) is 1.43. The normalized spacial score (nSPS) is 26.8. The fraction of sp³-hybridized carbons (Fsp3) is 1.00. The molecule has 1 N–H and O–H groups in total. The van der Waals surface area contributed by atoms with Crippen LogP contribution in [0.15, 0.2) is 0 Å². The third-order valence-electron chi connectivity index (χ3n) is 2.07. The van der Waals surface area contributed by atoms with E-state index in [0.717, 1.165) is 13.2 Å². The number of rotatable bonds is 4. The molecule has 0 aromatic carbocycles. The summed E-state index contributed by atoms with van der Waals surface area (Å²) < 4.78 is 10.1. The number of methoxy groups -OCH3 is 2.